The third-order valence-corrected chi connectivity index (χ3v) is 6.09. The van der Waals surface area contributed by atoms with E-state index in [0.717, 1.165) is 18.8 Å². The molecule has 0 aliphatic carbocycles. The molecule has 0 saturated heterocycles. The molecular weight excluding hydrogens is 200 g/mol. The van der Waals surface area contributed by atoms with Gasteiger partial charge in [-0.15, -0.1) is 0 Å². The van der Waals surface area contributed by atoms with Gasteiger partial charge in [0.2, 0.25) is 0 Å². The predicted octanol–water partition coefficient (Wildman–Crippen LogP) is 4.03. The fourth-order valence-electron chi connectivity index (χ4n) is 1.71. The lowest BCUT2D eigenvalue weighted by Crippen LogP contribution is -2.18. The summed E-state index contributed by atoms with van der Waals surface area (Å²) in [7, 11) is -0.489. The Hall–Kier alpha value is 0.177. The summed E-state index contributed by atoms with van der Waals surface area (Å²) in [5, 5.41) is 0. The Morgan fingerprint density at radius 2 is 1.67 bits per heavy atom. The first-order valence-electron chi connectivity index (χ1n) is 6.78. The van der Waals surface area contributed by atoms with E-state index >= 15 is 0 Å². The van der Waals surface area contributed by atoms with Crippen LogP contribution in [0.5, 0.6) is 0 Å². The average Bonchev–Trinajstić information content (AvgIpc) is 2.22. The SMILES string of the molecule is CC[SiH](CC)COCCCCCC(C)C. The molecule has 0 rings (SSSR count). The van der Waals surface area contributed by atoms with Gasteiger partial charge in [0.25, 0.3) is 0 Å². The van der Waals surface area contributed by atoms with Gasteiger partial charge in [-0.3, -0.25) is 0 Å². The molecule has 0 aromatic rings. The summed E-state index contributed by atoms with van der Waals surface area (Å²) >= 11 is 0. The van der Waals surface area contributed by atoms with Gasteiger partial charge in [-0.1, -0.05) is 59.0 Å². The third kappa shape index (κ3) is 10.5. The first-order valence-corrected chi connectivity index (χ1v) is 9.23. The van der Waals surface area contributed by atoms with E-state index in [1.54, 1.807) is 0 Å². The minimum absolute atomic E-state index is 0.489. The van der Waals surface area contributed by atoms with Gasteiger partial charge < -0.3 is 4.74 Å². The average molecular weight is 230 g/mol. The highest BCUT2D eigenvalue weighted by Gasteiger charge is 2.04. The molecule has 0 unspecified atom stereocenters. The number of unbranched alkanes of at least 4 members (excludes halogenated alkanes) is 2. The van der Waals surface area contributed by atoms with Crippen molar-refractivity contribution in [2.24, 2.45) is 5.92 Å². The van der Waals surface area contributed by atoms with Crippen LogP contribution in [-0.2, 0) is 4.74 Å². The lowest BCUT2D eigenvalue weighted by atomic mass is 10.1. The Morgan fingerprint density at radius 1 is 1.00 bits per heavy atom. The number of hydrogen-bond donors (Lipinski definition) is 0. The molecule has 0 aliphatic heterocycles. The molecule has 0 aliphatic rings. The summed E-state index contributed by atoms with van der Waals surface area (Å²) < 4.78 is 5.75. The van der Waals surface area contributed by atoms with Crippen LogP contribution < -0.4 is 0 Å². The molecule has 92 valence electrons. The van der Waals surface area contributed by atoms with Crippen LogP contribution >= 0.6 is 0 Å². The minimum atomic E-state index is -0.489. The third-order valence-electron chi connectivity index (χ3n) is 3.08. The Balaban J connectivity index is 3.10. The zero-order valence-electron chi connectivity index (χ0n) is 11.2. The van der Waals surface area contributed by atoms with Crippen LogP contribution in [0, 0.1) is 5.92 Å². The van der Waals surface area contributed by atoms with Crippen LogP contribution in [0.15, 0.2) is 0 Å². The van der Waals surface area contributed by atoms with Crippen molar-refractivity contribution in [2.75, 3.05) is 12.8 Å². The lowest BCUT2D eigenvalue weighted by molar-refractivity contribution is 0.168. The van der Waals surface area contributed by atoms with Gasteiger partial charge in [-0.25, -0.2) is 0 Å². The van der Waals surface area contributed by atoms with Gasteiger partial charge >= 0.3 is 0 Å². The Bertz CT molecular complexity index is 122. The van der Waals surface area contributed by atoms with Gasteiger partial charge in [0, 0.05) is 12.8 Å². The largest absolute Gasteiger partial charge is 0.385 e. The highest BCUT2D eigenvalue weighted by molar-refractivity contribution is 6.58. The summed E-state index contributed by atoms with van der Waals surface area (Å²) in [6.45, 7) is 10.2. The fraction of sp³-hybridized carbons (Fsp3) is 1.00. The molecule has 0 saturated carbocycles. The van der Waals surface area contributed by atoms with E-state index < -0.39 is 8.80 Å². The Kier molecular flexibility index (Phi) is 10.8. The summed E-state index contributed by atoms with van der Waals surface area (Å²) in [6.07, 6.45) is 6.48. The van der Waals surface area contributed by atoms with E-state index in [0.29, 0.717) is 0 Å². The van der Waals surface area contributed by atoms with Gasteiger partial charge in [0.1, 0.15) is 0 Å². The van der Waals surface area contributed by atoms with Gasteiger partial charge in [-0.05, 0) is 12.3 Å². The molecule has 0 bridgehead atoms. The van der Waals surface area contributed by atoms with Gasteiger partial charge in [0.15, 0.2) is 0 Å². The van der Waals surface area contributed by atoms with Crippen LogP contribution in [0.3, 0.4) is 0 Å². The van der Waals surface area contributed by atoms with E-state index in [1.165, 1.54) is 37.8 Å². The van der Waals surface area contributed by atoms with Crippen LogP contribution in [0.1, 0.15) is 53.4 Å². The van der Waals surface area contributed by atoms with E-state index in [1.807, 2.05) is 0 Å². The first kappa shape index (κ1) is 15.2. The van der Waals surface area contributed by atoms with Crippen LogP contribution in [-0.4, -0.2) is 21.6 Å². The molecule has 1 nitrogen and oxygen atoms in total. The second kappa shape index (κ2) is 10.7. The molecule has 0 aromatic heterocycles. The maximum atomic E-state index is 5.75. The number of ether oxygens (including phenoxy) is 1. The summed E-state index contributed by atoms with van der Waals surface area (Å²) in [5.74, 6) is 0.864. The molecule has 0 N–H and O–H groups in total. The molecule has 0 aromatic carbocycles. The number of rotatable bonds is 10. The second-order valence-corrected chi connectivity index (χ2v) is 8.70. The topological polar surface area (TPSA) is 9.23 Å². The van der Waals surface area contributed by atoms with Crippen LogP contribution in [0.4, 0.5) is 0 Å². The van der Waals surface area contributed by atoms with Crippen molar-refractivity contribution >= 4 is 8.80 Å². The van der Waals surface area contributed by atoms with E-state index in [4.69, 9.17) is 4.74 Å². The maximum Gasteiger partial charge on any atom is 0.0672 e. The summed E-state index contributed by atoms with van der Waals surface area (Å²) in [5.41, 5.74) is 0. The quantitative estimate of drug-likeness (QED) is 0.407. The molecule has 15 heavy (non-hydrogen) atoms. The molecule has 0 spiro atoms. The minimum Gasteiger partial charge on any atom is -0.385 e. The standard InChI is InChI=1S/C13H30OSi/c1-5-15(6-2)12-14-11-9-7-8-10-13(3)4/h13,15H,5-12H2,1-4H3. The molecule has 0 amide bonds. The molecule has 0 radical (unpaired) electrons. The predicted molar refractivity (Wildman–Crippen MR) is 72.2 cm³/mol. The second-order valence-electron chi connectivity index (χ2n) is 5.00. The van der Waals surface area contributed by atoms with E-state index in [2.05, 4.69) is 27.7 Å². The van der Waals surface area contributed by atoms with Crippen molar-refractivity contribution in [3.05, 3.63) is 0 Å². The highest BCUT2D eigenvalue weighted by Crippen LogP contribution is 2.08. The van der Waals surface area contributed by atoms with E-state index in [-0.39, 0.29) is 0 Å². The zero-order chi connectivity index (χ0) is 11.5. The smallest absolute Gasteiger partial charge is 0.0672 e. The maximum absolute atomic E-state index is 5.75. The van der Waals surface area contributed by atoms with Gasteiger partial charge in [-0.2, -0.15) is 0 Å². The van der Waals surface area contributed by atoms with Gasteiger partial charge in [0.05, 0.1) is 8.80 Å². The normalized spacial score (nSPS) is 11.6. The van der Waals surface area contributed by atoms with Crippen molar-refractivity contribution < 1.29 is 4.74 Å². The van der Waals surface area contributed by atoms with Crippen molar-refractivity contribution in [2.45, 2.75) is 65.5 Å². The monoisotopic (exact) mass is 230 g/mol. The van der Waals surface area contributed by atoms with Crippen molar-refractivity contribution in [3.63, 3.8) is 0 Å². The number of hydrogen-bond acceptors (Lipinski definition) is 1. The summed E-state index contributed by atoms with van der Waals surface area (Å²) in [4.78, 5) is 0. The summed E-state index contributed by atoms with van der Waals surface area (Å²) in [6, 6.07) is 2.79. The molecule has 0 heterocycles. The first-order chi connectivity index (χ1) is 7.20. The molecule has 2 heteroatoms. The Morgan fingerprint density at radius 3 is 2.20 bits per heavy atom. The van der Waals surface area contributed by atoms with Crippen molar-refractivity contribution in [3.8, 4) is 0 Å². The zero-order valence-corrected chi connectivity index (χ0v) is 12.4. The van der Waals surface area contributed by atoms with E-state index in [9.17, 15) is 0 Å². The van der Waals surface area contributed by atoms with Crippen molar-refractivity contribution in [1.29, 1.82) is 0 Å². The lowest BCUT2D eigenvalue weighted by Gasteiger charge is -2.11. The highest BCUT2D eigenvalue weighted by atomic mass is 28.3. The molecular formula is C13H30OSi. The van der Waals surface area contributed by atoms with Crippen LogP contribution in [0.25, 0.3) is 0 Å². The molecule has 0 fully saturated rings. The van der Waals surface area contributed by atoms with Crippen LogP contribution in [0.2, 0.25) is 12.1 Å². The molecule has 0 atom stereocenters. The fourth-order valence-corrected chi connectivity index (χ4v) is 3.26. The van der Waals surface area contributed by atoms with Crippen molar-refractivity contribution in [1.82, 2.24) is 0 Å². The Labute approximate surface area is 98.2 Å².